The lowest BCUT2D eigenvalue weighted by atomic mass is 10.1. The van der Waals surface area contributed by atoms with Gasteiger partial charge in [-0.05, 0) is 17.9 Å². The molecule has 0 unspecified atom stereocenters. The second-order valence-electron chi connectivity index (χ2n) is 5.03. The molecule has 94 valence electrons. The quantitative estimate of drug-likeness (QED) is 0.804. The Morgan fingerprint density at radius 2 is 2.12 bits per heavy atom. The van der Waals surface area contributed by atoms with Gasteiger partial charge in [0.1, 0.15) is 6.10 Å². The van der Waals surface area contributed by atoms with E-state index >= 15 is 0 Å². The van der Waals surface area contributed by atoms with E-state index in [1.54, 1.807) is 0 Å². The van der Waals surface area contributed by atoms with Crippen LogP contribution in [0.1, 0.15) is 32.3 Å². The van der Waals surface area contributed by atoms with E-state index in [0.29, 0.717) is 5.92 Å². The molecule has 0 bridgehead atoms. The molecule has 1 aromatic heterocycles. The lowest BCUT2D eigenvalue weighted by Gasteiger charge is -2.22. The van der Waals surface area contributed by atoms with Gasteiger partial charge < -0.3 is 9.47 Å². The van der Waals surface area contributed by atoms with E-state index in [2.05, 4.69) is 24.9 Å². The molecule has 1 aliphatic rings. The van der Waals surface area contributed by atoms with Gasteiger partial charge in [-0.3, -0.25) is 0 Å². The van der Waals surface area contributed by atoms with Crippen LogP contribution < -0.4 is 4.74 Å². The second-order valence-corrected chi connectivity index (χ2v) is 5.03. The topological polar surface area (TPSA) is 31.4 Å². The Kier molecular flexibility index (Phi) is 4.37. The first-order valence-electron chi connectivity index (χ1n) is 6.43. The highest BCUT2D eigenvalue weighted by atomic mass is 16.5. The molecule has 0 radical (unpaired) electrons. The molecule has 0 N–H and O–H groups in total. The summed E-state index contributed by atoms with van der Waals surface area (Å²) >= 11 is 0. The first-order valence-corrected chi connectivity index (χ1v) is 6.43. The Morgan fingerprint density at radius 3 is 2.71 bits per heavy atom. The molecule has 1 aromatic rings. The lowest BCUT2D eigenvalue weighted by molar-refractivity contribution is 0.0237. The van der Waals surface area contributed by atoms with Crippen molar-refractivity contribution >= 4 is 0 Å². The van der Waals surface area contributed by atoms with Gasteiger partial charge in [-0.15, -0.1) is 0 Å². The SMILES string of the molecule is CC(C)Cc1ccc(OC2CCOCC2)nc1. The van der Waals surface area contributed by atoms with Crippen LogP contribution in [0, 0.1) is 5.92 Å². The molecule has 0 amide bonds. The summed E-state index contributed by atoms with van der Waals surface area (Å²) in [6.07, 6.45) is 5.21. The van der Waals surface area contributed by atoms with Gasteiger partial charge >= 0.3 is 0 Å². The van der Waals surface area contributed by atoms with Gasteiger partial charge in [-0.2, -0.15) is 0 Å². The monoisotopic (exact) mass is 235 g/mol. The van der Waals surface area contributed by atoms with Crippen molar-refractivity contribution in [3.63, 3.8) is 0 Å². The van der Waals surface area contributed by atoms with Gasteiger partial charge in [0.15, 0.2) is 0 Å². The van der Waals surface area contributed by atoms with E-state index in [4.69, 9.17) is 9.47 Å². The van der Waals surface area contributed by atoms with Crippen molar-refractivity contribution in [1.82, 2.24) is 4.98 Å². The average Bonchev–Trinajstić information content (AvgIpc) is 2.32. The third-order valence-corrected chi connectivity index (χ3v) is 2.90. The number of hydrogen-bond donors (Lipinski definition) is 0. The zero-order valence-corrected chi connectivity index (χ0v) is 10.7. The molecular weight excluding hydrogens is 214 g/mol. The van der Waals surface area contributed by atoms with E-state index in [1.165, 1.54) is 5.56 Å². The zero-order valence-electron chi connectivity index (χ0n) is 10.7. The Balaban J connectivity index is 1.88. The normalized spacial score (nSPS) is 17.4. The number of hydrogen-bond acceptors (Lipinski definition) is 3. The van der Waals surface area contributed by atoms with E-state index < -0.39 is 0 Å². The number of pyridine rings is 1. The first-order chi connectivity index (χ1) is 8.24. The molecule has 1 saturated heterocycles. The predicted molar refractivity (Wildman–Crippen MR) is 67.2 cm³/mol. The van der Waals surface area contributed by atoms with Gasteiger partial charge in [-0.25, -0.2) is 4.98 Å². The van der Waals surface area contributed by atoms with Crippen molar-refractivity contribution in [2.75, 3.05) is 13.2 Å². The number of ether oxygens (including phenoxy) is 2. The van der Waals surface area contributed by atoms with Crippen molar-refractivity contribution < 1.29 is 9.47 Å². The summed E-state index contributed by atoms with van der Waals surface area (Å²) < 4.78 is 11.1. The van der Waals surface area contributed by atoms with Crippen molar-refractivity contribution in [3.05, 3.63) is 23.9 Å². The molecule has 0 spiro atoms. The lowest BCUT2D eigenvalue weighted by Crippen LogP contribution is -2.26. The van der Waals surface area contributed by atoms with Crippen LogP contribution >= 0.6 is 0 Å². The maximum absolute atomic E-state index is 5.82. The summed E-state index contributed by atoms with van der Waals surface area (Å²) in [5, 5.41) is 0. The van der Waals surface area contributed by atoms with Gasteiger partial charge in [0.25, 0.3) is 0 Å². The molecule has 1 fully saturated rings. The molecule has 0 saturated carbocycles. The molecule has 0 atom stereocenters. The van der Waals surface area contributed by atoms with Crippen LogP contribution in [0.25, 0.3) is 0 Å². The fourth-order valence-electron chi connectivity index (χ4n) is 2.04. The number of aromatic nitrogens is 1. The summed E-state index contributed by atoms with van der Waals surface area (Å²) in [6.45, 7) is 6.03. The van der Waals surface area contributed by atoms with Crippen LogP contribution in [0.3, 0.4) is 0 Å². The van der Waals surface area contributed by atoms with Crippen LogP contribution in [0.15, 0.2) is 18.3 Å². The van der Waals surface area contributed by atoms with Crippen molar-refractivity contribution in [1.29, 1.82) is 0 Å². The molecule has 3 heteroatoms. The van der Waals surface area contributed by atoms with Crippen LogP contribution in [0.2, 0.25) is 0 Å². The number of rotatable bonds is 4. The summed E-state index contributed by atoms with van der Waals surface area (Å²) in [5.74, 6) is 1.41. The van der Waals surface area contributed by atoms with Gasteiger partial charge in [-0.1, -0.05) is 19.9 Å². The minimum absolute atomic E-state index is 0.271. The molecular formula is C14H21NO2. The Morgan fingerprint density at radius 1 is 1.35 bits per heavy atom. The molecule has 2 heterocycles. The van der Waals surface area contributed by atoms with E-state index in [-0.39, 0.29) is 6.10 Å². The van der Waals surface area contributed by atoms with Crippen LogP contribution in [0.5, 0.6) is 5.88 Å². The van der Waals surface area contributed by atoms with Crippen LogP contribution in [0.4, 0.5) is 0 Å². The van der Waals surface area contributed by atoms with Crippen LogP contribution in [-0.4, -0.2) is 24.3 Å². The third kappa shape index (κ3) is 4.00. The fourth-order valence-corrected chi connectivity index (χ4v) is 2.04. The average molecular weight is 235 g/mol. The summed E-state index contributed by atoms with van der Waals surface area (Å²) in [7, 11) is 0. The largest absolute Gasteiger partial charge is 0.474 e. The first kappa shape index (κ1) is 12.4. The highest BCUT2D eigenvalue weighted by molar-refractivity contribution is 5.18. The van der Waals surface area contributed by atoms with Crippen LogP contribution in [-0.2, 0) is 11.2 Å². The number of nitrogens with zero attached hydrogens (tertiary/aromatic N) is 1. The minimum atomic E-state index is 0.271. The minimum Gasteiger partial charge on any atom is -0.474 e. The van der Waals surface area contributed by atoms with E-state index in [1.807, 2.05) is 12.3 Å². The maximum Gasteiger partial charge on any atom is 0.213 e. The van der Waals surface area contributed by atoms with Crippen molar-refractivity contribution in [2.24, 2.45) is 5.92 Å². The van der Waals surface area contributed by atoms with Gasteiger partial charge in [0.2, 0.25) is 5.88 Å². The molecule has 2 rings (SSSR count). The smallest absolute Gasteiger partial charge is 0.213 e. The van der Waals surface area contributed by atoms with E-state index in [0.717, 1.165) is 38.4 Å². The van der Waals surface area contributed by atoms with Crippen molar-refractivity contribution in [2.45, 2.75) is 39.2 Å². The van der Waals surface area contributed by atoms with Crippen molar-refractivity contribution in [3.8, 4) is 5.88 Å². The Bertz CT molecular complexity index is 329. The highest BCUT2D eigenvalue weighted by Crippen LogP contribution is 2.16. The highest BCUT2D eigenvalue weighted by Gasteiger charge is 2.15. The maximum atomic E-state index is 5.82. The fraction of sp³-hybridized carbons (Fsp3) is 0.643. The van der Waals surface area contributed by atoms with Gasteiger partial charge in [0, 0.05) is 25.1 Å². The summed E-state index contributed by atoms with van der Waals surface area (Å²) in [6, 6.07) is 4.09. The summed E-state index contributed by atoms with van der Waals surface area (Å²) in [5.41, 5.74) is 1.28. The van der Waals surface area contributed by atoms with E-state index in [9.17, 15) is 0 Å². The molecule has 1 aliphatic heterocycles. The predicted octanol–water partition coefficient (Wildman–Crippen LogP) is 2.84. The molecule has 0 aromatic carbocycles. The standard InChI is InChI=1S/C14H21NO2/c1-11(2)9-12-3-4-14(15-10-12)17-13-5-7-16-8-6-13/h3-4,10-11,13H,5-9H2,1-2H3. The molecule has 3 nitrogen and oxygen atoms in total. The zero-order chi connectivity index (χ0) is 12.1. The molecule has 0 aliphatic carbocycles. The third-order valence-electron chi connectivity index (χ3n) is 2.90. The second kappa shape index (κ2) is 6.01. The summed E-state index contributed by atoms with van der Waals surface area (Å²) in [4.78, 5) is 4.36. The Hall–Kier alpha value is -1.09. The van der Waals surface area contributed by atoms with Gasteiger partial charge in [0.05, 0.1) is 13.2 Å². The molecule has 17 heavy (non-hydrogen) atoms. The Labute approximate surface area is 103 Å².